The minimum atomic E-state index is -0.421. The van der Waals surface area contributed by atoms with Crippen LogP contribution in [0.3, 0.4) is 0 Å². The van der Waals surface area contributed by atoms with E-state index in [9.17, 15) is 9.59 Å². The molecule has 45 heavy (non-hydrogen) atoms. The number of rotatable bonds is 12. The topological polar surface area (TPSA) is 77.2 Å². The monoisotopic (exact) mass is 598 g/mol. The first-order valence-electron chi connectivity index (χ1n) is 16.1. The highest BCUT2D eigenvalue weighted by molar-refractivity contribution is 5.85. The number of nitrogens with zero attached hydrogens (tertiary/aromatic N) is 1. The zero-order valence-corrected chi connectivity index (χ0v) is 25.8. The molecule has 1 aliphatic rings. The lowest BCUT2D eigenvalue weighted by Crippen LogP contribution is -2.54. The van der Waals surface area contributed by atoms with Crippen LogP contribution >= 0.6 is 0 Å². The highest BCUT2D eigenvalue weighted by Crippen LogP contribution is 2.34. The lowest BCUT2D eigenvalue weighted by atomic mass is 9.80. The maximum Gasteiger partial charge on any atom is 0.228 e. The van der Waals surface area contributed by atoms with Gasteiger partial charge in [-0.25, -0.2) is 0 Å². The van der Waals surface area contributed by atoms with Gasteiger partial charge in [-0.05, 0) is 54.0 Å². The van der Waals surface area contributed by atoms with Gasteiger partial charge in [0.05, 0.1) is 11.5 Å². The molecule has 4 aromatic carbocycles. The molecular formula is C39H42N4O2. The molecule has 0 saturated carbocycles. The average molecular weight is 599 g/mol. The summed E-state index contributed by atoms with van der Waals surface area (Å²) in [5.41, 5.74) is 5.24. The van der Waals surface area contributed by atoms with Crippen LogP contribution in [0.4, 0.5) is 0 Å². The van der Waals surface area contributed by atoms with E-state index in [1.54, 1.807) is 0 Å². The van der Waals surface area contributed by atoms with Crippen molar-refractivity contribution in [3.05, 3.63) is 144 Å². The zero-order valence-electron chi connectivity index (χ0n) is 25.8. The van der Waals surface area contributed by atoms with Crippen molar-refractivity contribution >= 4 is 22.7 Å². The third kappa shape index (κ3) is 7.52. The maximum atomic E-state index is 13.7. The molecule has 1 aromatic heterocycles. The normalized spacial score (nSPS) is 15.4. The molecule has 0 aliphatic carbocycles. The third-order valence-corrected chi connectivity index (χ3v) is 9.23. The molecule has 1 saturated heterocycles. The van der Waals surface area contributed by atoms with Crippen molar-refractivity contribution in [1.82, 2.24) is 20.5 Å². The number of benzene rings is 4. The summed E-state index contributed by atoms with van der Waals surface area (Å²) in [6.45, 7) is 2.80. The Morgan fingerprint density at radius 2 is 1.42 bits per heavy atom. The Hall–Kier alpha value is -4.68. The van der Waals surface area contributed by atoms with E-state index in [0.717, 1.165) is 55.4 Å². The molecule has 6 rings (SSSR count). The number of H-pyrrole nitrogens is 1. The summed E-state index contributed by atoms with van der Waals surface area (Å²) in [6.07, 6.45) is 5.56. The van der Waals surface area contributed by atoms with Gasteiger partial charge in [0, 0.05) is 49.7 Å². The van der Waals surface area contributed by atoms with Gasteiger partial charge in [-0.1, -0.05) is 109 Å². The Balaban J connectivity index is 1.10. The highest BCUT2D eigenvalue weighted by Gasteiger charge is 2.38. The number of likely N-dealkylation sites (tertiary alicyclic amines) is 1. The van der Waals surface area contributed by atoms with Crippen molar-refractivity contribution in [2.75, 3.05) is 26.2 Å². The standard InChI is InChI=1S/C39H42N4O2/c44-37(21-20-30-12-4-1-5-13-30)42-39(33-16-8-3-9-17-33)23-26-43(27-24-39)29-35(31-14-6-2-7-15-31)38(45)40-25-22-32-28-41-36-19-11-10-18-34(32)36/h1-19,28,35,41H,20-27,29H2,(H,40,45)(H,42,44). The van der Waals surface area contributed by atoms with Gasteiger partial charge in [0.25, 0.3) is 0 Å². The second-order valence-electron chi connectivity index (χ2n) is 12.1. The summed E-state index contributed by atoms with van der Waals surface area (Å²) >= 11 is 0. The summed E-state index contributed by atoms with van der Waals surface area (Å²) < 4.78 is 0. The minimum Gasteiger partial charge on any atom is -0.361 e. The summed E-state index contributed by atoms with van der Waals surface area (Å²) in [6, 6.07) is 38.9. The van der Waals surface area contributed by atoms with Crippen LogP contribution in [-0.2, 0) is 28.0 Å². The molecular weight excluding hydrogens is 556 g/mol. The third-order valence-electron chi connectivity index (χ3n) is 9.23. The number of piperidine rings is 1. The Kier molecular flexibility index (Phi) is 9.71. The molecule has 1 unspecified atom stereocenters. The fourth-order valence-corrected chi connectivity index (χ4v) is 6.66. The van der Waals surface area contributed by atoms with Gasteiger partial charge in [0.1, 0.15) is 0 Å². The van der Waals surface area contributed by atoms with Gasteiger partial charge in [-0.2, -0.15) is 0 Å². The molecule has 0 spiro atoms. The summed E-state index contributed by atoms with van der Waals surface area (Å²) in [5.74, 6) is -0.151. The van der Waals surface area contributed by atoms with Gasteiger partial charge in [-0.15, -0.1) is 0 Å². The Morgan fingerprint density at radius 3 is 2.16 bits per heavy atom. The molecule has 1 fully saturated rings. The van der Waals surface area contributed by atoms with Crippen molar-refractivity contribution in [3.8, 4) is 0 Å². The van der Waals surface area contributed by atoms with Gasteiger partial charge in [0.15, 0.2) is 0 Å². The number of hydrogen-bond donors (Lipinski definition) is 3. The lowest BCUT2D eigenvalue weighted by Gasteiger charge is -2.43. The summed E-state index contributed by atoms with van der Waals surface area (Å²) in [7, 11) is 0. The molecule has 3 N–H and O–H groups in total. The first kappa shape index (κ1) is 30.4. The number of para-hydroxylation sites is 1. The molecule has 0 radical (unpaired) electrons. The van der Waals surface area contributed by atoms with Crippen LogP contribution in [0, 0.1) is 0 Å². The predicted molar refractivity (Wildman–Crippen MR) is 181 cm³/mol. The first-order valence-corrected chi connectivity index (χ1v) is 16.1. The van der Waals surface area contributed by atoms with Crippen LogP contribution in [0.5, 0.6) is 0 Å². The molecule has 1 atom stereocenters. The quantitative estimate of drug-likeness (QED) is 0.157. The van der Waals surface area contributed by atoms with Crippen molar-refractivity contribution in [2.45, 2.75) is 43.6 Å². The molecule has 5 aromatic rings. The lowest BCUT2D eigenvalue weighted by molar-refractivity contribution is -0.123. The van der Waals surface area contributed by atoms with Crippen molar-refractivity contribution in [1.29, 1.82) is 0 Å². The van der Waals surface area contributed by atoms with Gasteiger partial charge < -0.3 is 20.5 Å². The highest BCUT2D eigenvalue weighted by atomic mass is 16.2. The molecule has 0 bridgehead atoms. The SMILES string of the molecule is O=C(CCc1ccccc1)NC1(c2ccccc2)CCN(CC(C(=O)NCCc2c[nH]c3ccccc23)c2ccccc2)CC1. The second-order valence-corrected chi connectivity index (χ2v) is 12.1. The molecule has 6 nitrogen and oxygen atoms in total. The van der Waals surface area contributed by atoms with Crippen LogP contribution < -0.4 is 10.6 Å². The van der Waals surface area contributed by atoms with E-state index >= 15 is 0 Å². The number of carbonyl (C=O) groups excluding carboxylic acids is 2. The fraction of sp³-hybridized carbons (Fsp3) is 0.282. The number of aromatic nitrogens is 1. The van der Waals surface area contributed by atoms with Crippen LogP contribution in [-0.4, -0.2) is 47.9 Å². The largest absolute Gasteiger partial charge is 0.361 e. The molecule has 6 heteroatoms. The van der Waals surface area contributed by atoms with Crippen LogP contribution in [0.1, 0.15) is 47.4 Å². The molecule has 230 valence electrons. The number of carbonyl (C=O) groups is 2. The van der Waals surface area contributed by atoms with E-state index in [2.05, 4.69) is 69.0 Å². The van der Waals surface area contributed by atoms with E-state index in [1.165, 1.54) is 16.5 Å². The smallest absolute Gasteiger partial charge is 0.228 e. The van der Waals surface area contributed by atoms with E-state index in [1.807, 2.05) is 72.9 Å². The number of aryl methyl sites for hydroxylation is 1. The maximum absolute atomic E-state index is 13.7. The van der Waals surface area contributed by atoms with E-state index in [-0.39, 0.29) is 17.7 Å². The number of fused-ring (bicyclic) bond motifs is 1. The second kappa shape index (κ2) is 14.4. The molecule has 2 heterocycles. The Labute approximate surface area is 265 Å². The van der Waals surface area contributed by atoms with Gasteiger partial charge in [0.2, 0.25) is 11.8 Å². The predicted octanol–water partition coefficient (Wildman–Crippen LogP) is 6.35. The van der Waals surface area contributed by atoms with Crippen LogP contribution in [0.2, 0.25) is 0 Å². The van der Waals surface area contributed by atoms with Crippen LogP contribution in [0.15, 0.2) is 121 Å². The zero-order chi connectivity index (χ0) is 30.9. The Bertz CT molecular complexity index is 1680. The summed E-state index contributed by atoms with van der Waals surface area (Å²) in [4.78, 5) is 32.7. The average Bonchev–Trinajstić information content (AvgIpc) is 3.51. The fourth-order valence-electron chi connectivity index (χ4n) is 6.66. The number of aromatic amines is 1. The molecule has 2 amide bonds. The molecule has 1 aliphatic heterocycles. The number of hydrogen-bond acceptors (Lipinski definition) is 3. The van der Waals surface area contributed by atoms with Crippen molar-refractivity contribution in [2.24, 2.45) is 0 Å². The minimum absolute atomic E-state index is 0.0511. The van der Waals surface area contributed by atoms with Crippen molar-refractivity contribution < 1.29 is 9.59 Å². The van der Waals surface area contributed by atoms with Crippen molar-refractivity contribution in [3.63, 3.8) is 0 Å². The Morgan fingerprint density at radius 1 is 0.778 bits per heavy atom. The van der Waals surface area contributed by atoms with E-state index < -0.39 is 5.54 Å². The van der Waals surface area contributed by atoms with Gasteiger partial charge in [-0.3, -0.25) is 9.59 Å². The first-order chi connectivity index (χ1) is 22.1. The van der Waals surface area contributed by atoms with E-state index in [0.29, 0.717) is 19.5 Å². The number of amides is 2. The van der Waals surface area contributed by atoms with Crippen LogP contribution in [0.25, 0.3) is 10.9 Å². The number of nitrogens with one attached hydrogen (secondary N) is 3. The van der Waals surface area contributed by atoms with Gasteiger partial charge >= 0.3 is 0 Å². The van der Waals surface area contributed by atoms with E-state index in [4.69, 9.17) is 0 Å². The summed E-state index contributed by atoms with van der Waals surface area (Å²) in [5, 5.41) is 7.89.